The molecule has 88 valence electrons. The highest BCUT2D eigenvalue weighted by atomic mass is 16.5. The van der Waals surface area contributed by atoms with E-state index in [0.29, 0.717) is 0 Å². The smallest absolute Gasteiger partial charge is 0.104 e. The van der Waals surface area contributed by atoms with Gasteiger partial charge >= 0.3 is 0 Å². The average Bonchev–Trinajstić information content (AvgIpc) is 2.30. The Morgan fingerprint density at radius 2 is 1.62 bits per heavy atom. The minimum absolute atomic E-state index is 0.906. The van der Waals surface area contributed by atoms with Crippen LogP contribution in [-0.4, -0.2) is 37.8 Å². The summed E-state index contributed by atoms with van der Waals surface area (Å²) >= 11 is 0. The number of nitrogens with zero attached hydrogens (tertiary/aromatic N) is 1. The molecule has 2 heteroatoms. The minimum Gasteiger partial charge on any atom is -0.370 e. The van der Waals surface area contributed by atoms with Crippen molar-refractivity contribution in [2.24, 2.45) is 0 Å². The molecule has 0 atom stereocenters. The number of benzene rings is 1. The van der Waals surface area contributed by atoms with Gasteiger partial charge in [-0.1, -0.05) is 31.2 Å². The molecule has 16 heavy (non-hydrogen) atoms. The zero-order valence-corrected chi connectivity index (χ0v) is 10.4. The average molecular weight is 220 g/mol. The van der Waals surface area contributed by atoms with E-state index in [4.69, 9.17) is 4.74 Å². The predicted octanol–water partition coefficient (Wildman–Crippen LogP) is 2.23. The molecular weight excluding hydrogens is 198 g/mol. The summed E-state index contributed by atoms with van der Waals surface area (Å²) in [5, 5.41) is 0. The summed E-state index contributed by atoms with van der Waals surface area (Å²) in [4.78, 5) is 0. The Bertz CT molecular complexity index is 325. The van der Waals surface area contributed by atoms with Gasteiger partial charge in [-0.25, -0.2) is 0 Å². The van der Waals surface area contributed by atoms with Crippen molar-refractivity contribution in [2.45, 2.75) is 19.9 Å². The highest BCUT2D eigenvalue weighted by Crippen LogP contribution is 2.15. The molecule has 1 heterocycles. The van der Waals surface area contributed by atoms with Crippen molar-refractivity contribution in [3.63, 3.8) is 0 Å². The highest BCUT2D eigenvalue weighted by molar-refractivity contribution is 5.21. The third kappa shape index (κ3) is 2.83. The second-order valence-corrected chi connectivity index (χ2v) is 5.01. The molecule has 1 fully saturated rings. The number of aryl methyl sites for hydroxylation is 1. The van der Waals surface area contributed by atoms with Gasteiger partial charge in [-0.3, -0.25) is 0 Å². The quantitative estimate of drug-likeness (QED) is 0.710. The molecular formula is C14H22NO+. The van der Waals surface area contributed by atoms with Crippen molar-refractivity contribution >= 4 is 0 Å². The van der Waals surface area contributed by atoms with Crippen LogP contribution in [0.5, 0.6) is 0 Å². The second-order valence-electron chi connectivity index (χ2n) is 5.01. The highest BCUT2D eigenvalue weighted by Gasteiger charge is 2.25. The lowest BCUT2D eigenvalue weighted by atomic mass is 10.1. The van der Waals surface area contributed by atoms with Crippen LogP contribution in [0, 0.1) is 0 Å². The Labute approximate surface area is 98.4 Å². The van der Waals surface area contributed by atoms with Crippen molar-refractivity contribution in [2.75, 3.05) is 33.4 Å². The van der Waals surface area contributed by atoms with Crippen LogP contribution in [0.2, 0.25) is 0 Å². The third-order valence-electron chi connectivity index (χ3n) is 3.55. The summed E-state index contributed by atoms with van der Waals surface area (Å²) in [5.74, 6) is 0. The van der Waals surface area contributed by atoms with E-state index in [9.17, 15) is 0 Å². The van der Waals surface area contributed by atoms with Crippen LogP contribution < -0.4 is 0 Å². The van der Waals surface area contributed by atoms with Gasteiger partial charge in [0.05, 0.1) is 20.3 Å². The van der Waals surface area contributed by atoms with Crippen LogP contribution in [-0.2, 0) is 17.7 Å². The Morgan fingerprint density at radius 3 is 2.19 bits per heavy atom. The van der Waals surface area contributed by atoms with Crippen LogP contribution in [0.15, 0.2) is 24.3 Å². The maximum Gasteiger partial charge on any atom is 0.104 e. The first-order valence-electron chi connectivity index (χ1n) is 6.21. The predicted molar refractivity (Wildman–Crippen MR) is 66.3 cm³/mol. The lowest BCUT2D eigenvalue weighted by molar-refractivity contribution is -0.929. The largest absolute Gasteiger partial charge is 0.370 e. The van der Waals surface area contributed by atoms with Crippen molar-refractivity contribution in [1.29, 1.82) is 0 Å². The van der Waals surface area contributed by atoms with Crippen LogP contribution in [0.3, 0.4) is 0 Å². The molecule has 1 aliphatic heterocycles. The maximum absolute atomic E-state index is 5.42. The van der Waals surface area contributed by atoms with Gasteiger partial charge in [-0.15, -0.1) is 0 Å². The third-order valence-corrected chi connectivity index (χ3v) is 3.55. The summed E-state index contributed by atoms with van der Waals surface area (Å²) < 4.78 is 6.54. The Kier molecular flexibility index (Phi) is 3.62. The molecule has 0 N–H and O–H groups in total. The fourth-order valence-corrected chi connectivity index (χ4v) is 2.26. The number of hydrogen-bond acceptors (Lipinski definition) is 1. The number of hydrogen-bond donors (Lipinski definition) is 0. The Balaban J connectivity index is 2.01. The summed E-state index contributed by atoms with van der Waals surface area (Å²) in [6, 6.07) is 9.06. The number of likely N-dealkylation sites (N-methyl/N-ethyl adjacent to an activating group) is 1. The molecule has 0 saturated carbocycles. The first-order chi connectivity index (χ1) is 7.72. The molecule has 2 nitrogen and oxygen atoms in total. The van der Waals surface area contributed by atoms with E-state index in [1.807, 2.05) is 0 Å². The number of rotatable bonds is 3. The van der Waals surface area contributed by atoms with Gasteiger partial charge in [0, 0.05) is 5.56 Å². The van der Waals surface area contributed by atoms with Crippen LogP contribution in [0.25, 0.3) is 0 Å². The summed E-state index contributed by atoms with van der Waals surface area (Å²) in [7, 11) is 2.33. The minimum atomic E-state index is 0.906. The second kappa shape index (κ2) is 4.98. The standard InChI is InChI=1S/C14H22NO/c1-3-13-4-6-14(7-5-13)12-15(2)8-10-16-11-9-15/h4-7H,3,8-12H2,1-2H3/q+1. The fraction of sp³-hybridized carbons (Fsp3) is 0.571. The van der Waals surface area contributed by atoms with Gasteiger partial charge in [-0.05, 0) is 12.0 Å². The lowest BCUT2D eigenvalue weighted by Gasteiger charge is -2.37. The monoisotopic (exact) mass is 220 g/mol. The maximum atomic E-state index is 5.42. The molecule has 0 unspecified atom stereocenters. The lowest BCUT2D eigenvalue weighted by Crippen LogP contribution is -2.51. The van der Waals surface area contributed by atoms with Gasteiger partial charge in [0.2, 0.25) is 0 Å². The molecule has 1 saturated heterocycles. The van der Waals surface area contributed by atoms with E-state index in [0.717, 1.165) is 43.8 Å². The number of morpholine rings is 1. The van der Waals surface area contributed by atoms with Gasteiger partial charge in [-0.2, -0.15) is 0 Å². The molecule has 1 aliphatic rings. The summed E-state index contributed by atoms with van der Waals surface area (Å²) in [6.45, 7) is 7.41. The fourth-order valence-electron chi connectivity index (χ4n) is 2.26. The van der Waals surface area contributed by atoms with Crippen molar-refractivity contribution in [1.82, 2.24) is 0 Å². The molecule has 0 bridgehead atoms. The van der Waals surface area contributed by atoms with Crippen LogP contribution in [0.4, 0.5) is 0 Å². The van der Waals surface area contributed by atoms with Crippen LogP contribution >= 0.6 is 0 Å². The number of ether oxygens (including phenoxy) is 1. The SMILES string of the molecule is CCc1ccc(C[N+]2(C)CCOCC2)cc1. The first-order valence-corrected chi connectivity index (χ1v) is 6.21. The zero-order chi connectivity index (χ0) is 11.4. The van der Waals surface area contributed by atoms with Crippen molar-refractivity contribution in [3.8, 4) is 0 Å². The molecule has 0 amide bonds. The first kappa shape index (κ1) is 11.6. The number of quaternary nitrogens is 1. The zero-order valence-electron chi connectivity index (χ0n) is 10.4. The molecule has 0 spiro atoms. The summed E-state index contributed by atoms with van der Waals surface area (Å²) in [5.41, 5.74) is 2.87. The van der Waals surface area contributed by atoms with E-state index in [2.05, 4.69) is 38.2 Å². The van der Waals surface area contributed by atoms with E-state index in [1.54, 1.807) is 0 Å². The molecule has 1 aromatic rings. The Morgan fingerprint density at radius 1 is 1.06 bits per heavy atom. The van der Waals surface area contributed by atoms with Gasteiger partial charge in [0.1, 0.15) is 19.6 Å². The molecule has 0 aromatic heterocycles. The summed E-state index contributed by atoms with van der Waals surface area (Å²) in [6.07, 6.45) is 1.13. The molecule has 0 radical (unpaired) electrons. The molecule has 1 aromatic carbocycles. The van der Waals surface area contributed by atoms with Gasteiger partial charge in [0.15, 0.2) is 0 Å². The molecule has 2 rings (SSSR count). The van der Waals surface area contributed by atoms with Crippen molar-refractivity contribution in [3.05, 3.63) is 35.4 Å². The molecule has 0 aliphatic carbocycles. The van der Waals surface area contributed by atoms with Crippen LogP contribution in [0.1, 0.15) is 18.1 Å². The van der Waals surface area contributed by atoms with Gasteiger partial charge in [0.25, 0.3) is 0 Å². The van der Waals surface area contributed by atoms with E-state index in [1.165, 1.54) is 11.1 Å². The Hall–Kier alpha value is -0.860. The topological polar surface area (TPSA) is 9.23 Å². The van der Waals surface area contributed by atoms with E-state index in [-0.39, 0.29) is 0 Å². The van der Waals surface area contributed by atoms with Gasteiger partial charge < -0.3 is 9.22 Å². The normalized spacial score (nSPS) is 19.6. The van der Waals surface area contributed by atoms with E-state index >= 15 is 0 Å². The van der Waals surface area contributed by atoms with Crippen molar-refractivity contribution < 1.29 is 9.22 Å². The van der Waals surface area contributed by atoms with E-state index < -0.39 is 0 Å².